The SMILES string of the molecule is N/N=C/c1ccc(N(c2ccccc2)c2ccccc2)cc1. The third-order valence-corrected chi connectivity index (χ3v) is 3.40. The quantitative estimate of drug-likeness (QED) is 0.437. The van der Waals surface area contributed by atoms with Gasteiger partial charge in [-0.3, -0.25) is 0 Å². The molecule has 0 atom stereocenters. The summed E-state index contributed by atoms with van der Waals surface area (Å²) in [5.41, 5.74) is 4.31. The molecule has 3 aromatic rings. The Bertz CT molecular complexity index is 695. The molecule has 3 heteroatoms. The van der Waals surface area contributed by atoms with Gasteiger partial charge >= 0.3 is 0 Å². The van der Waals surface area contributed by atoms with Crippen molar-refractivity contribution in [3.05, 3.63) is 90.5 Å². The summed E-state index contributed by atoms with van der Waals surface area (Å²) in [6.07, 6.45) is 1.64. The number of rotatable bonds is 4. The fourth-order valence-electron chi connectivity index (χ4n) is 2.40. The van der Waals surface area contributed by atoms with Gasteiger partial charge in [-0.2, -0.15) is 5.10 Å². The summed E-state index contributed by atoms with van der Waals surface area (Å²) in [5, 5.41) is 3.56. The Hall–Kier alpha value is -3.07. The molecule has 3 aromatic carbocycles. The first-order valence-corrected chi connectivity index (χ1v) is 7.12. The van der Waals surface area contributed by atoms with Crippen LogP contribution in [0.5, 0.6) is 0 Å². The average Bonchev–Trinajstić information content (AvgIpc) is 2.59. The fraction of sp³-hybridized carbons (Fsp3) is 0. The predicted octanol–water partition coefficient (Wildman–Crippen LogP) is 4.45. The van der Waals surface area contributed by atoms with E-state index in [9.17, 15) is 0 Å². The normalized spacial score (nSPS) is 10.7. The lowest BCUT2D eigenvalue weighted by Crippen LogP contribution is -2.09. The van der Waals surface area contributed by atoms with Crippen LogP contribution in [0.3, 0.4) is 0 Å². The third-order valence-electron chi connectivity index (χ3n) is 3.40. The van der Waals surface area contributed by atoms with E-state index in [2.05, 4.69) is 46.4 Å². The average molecular weight is 287 g/mol. The molecule has 0 heterocycles. The van der Waals surface area contributed by atoms with E-state index in [4.69, 9.17) is 5.84 Å². The minimum absolute atomic E-state index is 0.979. The van der Waals surface area contributed by atoms with E-state index in [-0.39, 0.29) is 0 Å². The molecule has 2 N–H and O–H groups in total. The van der Waals surface area contributed by atoms with Crippen LogP contribution in [0, 0.1) is 0 Å². The Kier molecular flexibility index (Phi) is 4.16. The topological polar surface area (TPSA) is 41.6 Å². The van der Waals surface area contributed by atoms with Gasteiger partial charge in [-0.1, -0.05) is 48.5 Å². The monoisotopic (exact) mass is 287 g/mol. The molecule has 3 nitrogen and oxygen atoms in total. The summed E-state index contributed by atoms with van der Waals surface area (Å²) in [4.78, 5) is 2.21. The number of nitrogens with zero attached hydrogens (tertiary/aromatic N) is 2. The summed E-state index contributed by atoms with van der Waals surface area (Å²) in [6.45, 7) is 0. The molecule has 0 spiro atoms. The van der Waals surface area contributed by atoms with Crippen LogP contribution in [0.25, 0.3) is 0 Å². The molecule has 108 valence electrons. The van der Waals surface area contributed by atoms with Gasteiger partial charge in [0.1, 0.15) is 0 Å². The molecule has 3 rings (SSSR count). The molecule has 0 saturated heterocycles. The molecule has 0 bridgehead atoms. The maximum absolute atomic E-state index is 5.20. The first-order chi connectivity index (χ1) is 10.9. The van der Waals surface area contributed by atoms with Gasteiger partial charge in [-0.25, -0.2) is 0 Å². The molecule has 22 heavy (non-hydrogen) atoms. The van der Waals surface area contributed by atoms with Crippen molar-refractivity contribution in [1.29, 1.82) is 0 Å². The van der Waals surface area contributed by atoms with Crippen molar-refractivity contribution in [3.63, 3.8) is 0 Å². The standard InChI is InChI=1S/C19H17N3/c20-21-15-16-11-13-19(14-12-16)22(17-7-3-1-4-8-17)18-9-5-2-6-10-18/h1-15H,20H2/b21-15+. The van der Waals surface area contributed by atoms with Crippen LogP contribution in [0.4, 0.5) is 17.1 Å². The van der Waals surface area contributed by atoms with E-state index in [1.54, 1.807) is 6.21 Å². The minimum atomic E-state index is 0.979. The number of hydrogen-bond donors (Lipinski definition) is 1. The second-order valence-electron chi connectivity index (χ2n) is 4.88. The zero-order valence-corrected chi connectivity index (χ0v) is 12.1. The summed E-state index contributed by atoms with van der Waals surface area (Å²) in [6, 6.07) is 28.8. The molecular formula is C19H17N3. The third kappa shape index (κ3) is 2.99. The fourth-order valence-corrected chi connectivity index (χ4v) is 2.40. The van der Waals surface area contributed by atoms with Crippen LogP contribution >= 0.6 is 0 Å². The maximum atomic E-state index is 5.20. The minimum Gasteiger partial charge on any atom is -0.323 e. The Balaban J connectivity index is 2.06. The summed E-state index contributed by atoms with van der Waals surface area (Å²) in [5.74, 6) is 5.20. The number of para-hydroxylation sites is 2. The molecule has 0 fully saturated rings. The van der Waals surface area contributed by atoms with Crippen LogP contribution in [0.2, 0.25) is 0 Å². The maximum Gasteiger partial charge on any atom is 0.0538 e. The zero-order valence-electron chi connectivity index (χ0n) is 12.1. The van der Waals surface area contributed by atoms with Gasteiger partial charge < -0.3 is 10.7 Å². The van der Waals surface area contributed by atoms with E-state index in [0.717, 1.165) is 22.6 Å². The highest BCUT2D eigenvalue weighted by Crippen LogP contribution is 2.33. The molecule has 0 unspecified atom stereocenters. The number of anilines is 3. The first-order valence-electron chi connectivity index (χ1n) is 7.12. The number of nitrogens with two attached hydrogens (primary N) is 1. The first kappa shape index (κ1) is 13.9. The lowest BCUT2D eigenvalue weighted by Gasteiger charge is -2.25. The van der Waals surface area contributed by atoms with Crippen LogP contribution in [-0.4, -0.2) is 6.21 Å². The van der Waals surface area contributed by atoms with Crippen molar-refractivity contribution < 1.29 is 0 Å². The van der Waals surface area contributed by atoms with Crippen molar-refractivity contribution in [2.75, 3.05) is 4.90 Å². The Morgan fingerprint density at radius 1 is 0.636 bits per heavy atom. The number of hydrazone groups is 1. The second-order valence-corrected chi connectivity index (χ2v) is 4.88. The van der Waals surface area contributed by atoms with E-state index < -0.39 is 0 Å². The molecule has 0 radical (unpaired) electrons. The van der Waals surface area contributed by atoms with Crippen LogP contribution in [0.1, 0.15) is 5.56 Å². The van der Waals surface area contributed by atoms with Crippen molar-refractivity contribution in [3.8, 4) is 0 Å². The Morgan fingerprint density at radius 2 is 1.09 bits per heavy atom. The largest absolute Gasteiger partial charge is 0.323 e. The number of benzene rings is 3. The van der Waals surface area contributed by atoms with Gasteiger partial charge in [0.2, 0.25) is 0 Å². The van der Waals surface area contributed by atoms with Gasteiger partial charge in [-0.05, 0) is 42.0 Å². The van der Waals surface area contributed by atoms with Crippen LogP contribution < -0.4 is 10.7 Å². The van der Waals surface area contributed by atoms with Gasteiger partial charge in [0.05, 0.1) is 6.21 Å². The van der Waals surface area contributed by atoms with Crippen LogP contribution in [-0.2, 0) is 0 Å². The lowest BCUT2D eigenvalue weighted by atomic mass is 10.1. The van der Waals surface area contributed by atoms with Crippen molar-refractivity contribution in [2.45, 2.75) is 0 Å². The molecule has 0 aromatic heterocycles. The molecular weight excluding hydrogens is 270 g/mol. The molecule has 0 amide bonds. The highest BCUT2D eigenvalue weighted by atomic mass is 15.1. The predicted molar refractivity (Wildman–Crippen MR) is 92.9 cm³/mol. The highest BCUT2D eigenvalue weighted by molar-refractivity contribution is 5.82. The summed E-state index contributed by atoms with van der Waals surface area (Å²) >= 11 is 0. The molecule has 0 aliphatic carbocycles. The summed E-state index contributed by atoms with van der Waals surface area (Å²) < 4.78 is 0. The molecule has 0 aliphatic heterocycles. The van der Waals surface area contributed by atoms with E-state index in [1.807, 2.05) is 48.5 Å². The highest BCUT2D eigenvalue weighted by Gasteiger charge is 2.11. The van der Waals surface area contributed by atoms with Crippen molar-refractivity contribution >= 4 is 23.3 Å². The Morgan fingerprint density at radius 3 is 1.55 bits per heavy atom. The van der Waals surface area contributed by atoms with Gasteiger partial charge in [-0.15, -0.1) is 0 Å². The van der Waals surface area contributed by atoms with E-state index in [0.29, 0.717) is 0 Å². The smallest absolute Gasteiger partial charge is 0.0538 e. The molecule has 0 aliphatic rings. The summed E-state index contributed by atoms with van der Waals surface area (Å²) in [7, 11) is 0. The zero-order chi connectivity index (χ0) is 15.2. The van der Waals surface area contributed by atoms with Gasteiger partial charge in [0.15, 0.2) is 0 Å². The Labute approximate surface area is 130 Å². The van der Waals surface area contributed by atoms with Gasteiger partial charge in [0.25, 0.3) is 0 Å². The van der Waals surface area contributed by atoms with Gasteiger partial charge in [0, 0.05) is 17.1 Å². The lowest BCUT2D eigenvalue weighted by molar-refractivity contribution is 1.26. The van der Waals surface area contributed by atoms with E-state index >= 15 is 0 Å². The number of hydrogen-bond acceptors (Lipinski definition) is 3. The van der Waals surface area contributed by atoms with Crippen molar-refractivity contribution in [1.82, 2.24) is 0 Å². The second kappa shape index (κ2) is 6.59. The molecule has 0 saturated carbocycles. The van der Waals surface area contributed by atoms with Crippen molar-refractivity contribution in [2.24, 2.45) is 10.9 Å². The van der Waals surface area contributed by atoms with Crippen LogP contribution in [0.15, 0.2) is 90.0 Å². The van der Waals surface area contributed by atoms with E-state index in [1.165, 1.54) is 0 Å².